The van der Waals surface area contributed by atoms with E-state index in [2.05, 4.69) is 15.5 Å². The molecule has 2 aliphatic rings. The van der Waals surface area contributed by atoms with Crippen molar-refractivity contribution in [3.63, 3.8) is 0 Å². The number of piperidine rings is 1. The number of alkyl halides is 3. The van der Waals surface area contributed by atoms with Gasteiger partial charge in [-0.1, -0.05) is 0 Å². The minimum atomic E-state index is -4.65. The zero-order valence-electron chi connectivity index (χ0n) is 19.3. The van der Waals surface area contributed by atoms with Crippen LogP contribution in [0.25, 0.3) is 0 Å². The van der Waals surface area contributed by atoms with Gasteiger partial charge in [-0.3, -0.25) is 14.7 Å². The molecule has 2 aromatic rings. The molecule has 1 aromatic carbocycles. The number of carbonyl (C=O) groups excluding carboxylic acids is 2. The molecule has 8 nitrogen and oxygen atoms in total. The molecule has 0 saturated carbocycles. The number of aromatic amines is 1. The summed E-state index contributed by atoms with van der Waals surface area (Å²) in [4.78, 5) is 29.1. The van der Waals surface area contributed by atoms with E-state index >= 15 is 0 Å². The fourth-order valence-electron chi connectivity index (χ4n) is 5.24. The van der Waals surface area contributed by atoms with Gasteiger partial charge in [-0.2, -0.15) is 23.5 Å². The number of H-pyrrole nitrogens is 1. The molecule has 2 N–H and O–H groups in total. The van der Waals surface area contributed by atoms with Gasteiger partial charge in [-0.05, 0) is 49.8 Å². The van der Waals surface area contributed by atoms with Gasteiger partial charge < -0.3 is 15.1 Å². The Morgan fingerprint density at radius 3 is 2.60 bits per heavy atom. The average molecular weight is 489 g/mol. The van der Waals surface area contributed by atoms with Crippen molar-refractivity contribution < 1.29 is 22.8 Å². The molecular formula is C24H27F3N6O2. The summed E-state index contributed by atoms with van der Waals surface area (Å²) in [5, 5.41) is 18.4. The summed E-state index contributed by atoms with van der Waals surface area (Å²) < 4.78 is 40.5. The Morgan fingerprint density at radius 1 is 1.26 bits per heavy atom. The molecule has 2 saturated heterocycles. The highest BCUT2D eigenvalue weighted by Gasteiger charge is 2.43. The van der Waals surface area contributed by atoms with Crippen molar-refractivity contribution in [3.05, 3.63) is 47.3 Å². The van der Waals surface area contributed by atoms with E-state index in [-0.39, 0.29) is 29.6 Å². The lowest BCUT2D eigenvalue weighted by Gasteiger charge is -2.36. The fraction of sp³-hybridized carbons (Fsp3) is 0.500. The van der Waals surface area contributed by atoms with Crippen LogP contribution in [0.15, 0.2) is 30.6 Å². The van der Waals surface area contributed by atoms with Crippen LogP contribution in [0.3, 0.4) is 0 Å². The summed E-state index contributed by atoms with van der Waals surface area (Å²) in [6.07, 6.45) is -0.186. The predicted octanol–water partition coefficient (Wildman–Crippen LogP) is 3.04. The van der Waals surface area contributed by atoms with Crippen molar-refractivity contribution in [2.24, 2.45) is 17.8 Å². The van der Waals surface area contributed by atoms with Gasteiger partial charge in [0.25, 0.3) is 5.91 Å². The first-order valence-electron chi connectivity index (χ1n) is 11.6. The van der Waals surface area contributed by atoms with E-state index in [1.54, 1.807) is 17.2 Å². The van der Waals surface area contributed by atoms with Crippen molar-refractivity contribution >= 4 is 17.5 Å². The lowest BCUT2D eigenvalue weighted by Crippen LogP contribution is -2.43. The molecule has 1 aromatic heterocycles. The largest absolute Gasteiger partial charge is 0.417 e. The second kappa shape index (κ2) is 9.98. The van der Waals surface area contributed by atoms with Crippen LogP contribution in [0.4, 0.5) is 18.9 Å². The van der Waals surface area contributed by atoms with Crippen LogP contribution in [0.1, 0.15) is 41.3 Å². The van der Waals surface area contributed by atoms with Gasteiger partial charge in [0, 0.05) is 44.6 Å². The Hall–Kier alpha value is -3.55. The number of aromatic nitrogens is 2. The van der Waals surface area contributed by atoms with Crippen molar-refractivity contribution in [2.45, 2.75) is 25.9 Å². The number of nitrogens with one attached hydrogen (secondary N) is 2. The molecule has 2 unspecified atom stereocenters. The van der Waals surface area contributed by atoms with E-state index in [0.29, 0.717) is 56.8 Å². The lowest BCUT2D eigenvalue weighted by atomic mass is 9.78. The van der Waals surface area contributed by atoms with Gasteiger partial charge in [0.05, 0.1) is 34.9 Å². The first-order valence-corrected chi connectivity index (χ1v) is 11.6. The lowest BCUT2D eigenvalue weighted by molar-refractivity contribution is -0.137. The van der Waals surface area contributed by atoms with Crippen LogP contribution in [0.2, 0.25) is 0 Å². The number of carbonyl (C=O) groups is 2. The van der Waals surface area contributed by atoms with Gasteiger partial charge in [0.1, 0.15) is 0 Å². The normalized spacial score (nSPS) is 21.1. The molecule has 2 fully saturated rings. The average Bonchev–Trinajstić information content (AvgIpc) is 3.54. The molecule has 2 amide bonds. The van der Waals surface area contributed by atoms with E-state index in [1.165, 1.54) is 18.3 Å². The standard InChI is InChI=1S/C24H27F3N6O2/c1-2-29-22(34)20-14-33(18-4-3-16(10-28)21(9-18)24(25,26)27)13-19(20)15-5-7-32(8-6-15)23(35)17-11-30-31-12-17/h3-4,9,11-12,15,19-20H,2,5-8,13-14H2,1H3,(H,29,34)(H,30,31). The van der Waals surface area contributed by atoms with Crippen LogP contribution in [0.5, 0.6) is 0 Å². The number of benzene rings is 1. The number of likely N-dealkylation sites (tertiary alicyclic amines) is 1. The Kier molecular flexibility index (Phi) is 7.00. The minimum absolute atomic E-state index is 0.0577. The van der Waals surface area contributed by atoms with Crippen molar-refractivity contribution in [1.29, 1.82) is 5.26 Å². The van der Waals surface area contributed by atoms with Crippen LogP contribution < -0.4 is 10.2 Å². The number of nitriles is 1. The first-order chi connectivity index (χ1) is 16.7. The van der Waals surface area contributed by atoms with E-state index in [9.17, 15) is 22.8 Å². The Balaban J connectivity index is 1.52. The smallest absolute Gasteiger partial charge is 0.370 e. The Labute approximate surface area is 201 Å². The minimum Gasteiger partial charge on any atom is -0.370 e. The zero-order valence-corrected chi connectivity index (χ0v) is 19.3. The van der Waals surface area contributed by atoms with Crippen LogP contribution >= 0.6 is 0 Å². The first kappa shape index (κ1) is 24.6. The monoisotopic (exact) mass is 488 g/mol. The number of halogens is 3. The summed E-state index contributed by atoms with van der Waals surface area (Å²) in [6, 6.07) is 5.31. The number of hydrogen-bond acceptors (Lipinski definition) is 5. The molecule has 3 heterocycles. The predicted molar refractivity (Wildman–Crippen MR) is 121 cm³/mol. The van der Waals surface area contributed by atoms with Crippen LogP contribution in [-0.2, 0) is 11.0 Å². The molecule has 0 aliphatic carbocycles. The molecular weight excluding hydrogens is 461 g/mol. The highest BCUT2D eigenvalue weighted by molar-refractivity contribution is 5.93. The third-order valence-electron chi connectivity index (χ3n) is 7.02. The van der Waals surface area contributed by atoms with Crippen LogP contribution in [-0.4, -0.2) is 59.6 Å². The van der Waals surface area contributed by atoms with E-state index < -0.39 is 17.3 Å². The maximum atomic E-state index is 13.5. The van der Waals surface area contributed by atoms with Crippen LogP contribution in [0, 0.1) is 29.1 Å². The summed E-state index contributed by atoms with van der Waals surface area (Å²) >= 11 is 0. The topological polar surface area (TPSA) is 105 Å². The third kappa shape index (κ3) is 5.11. The SMILES string of the molecule is CCNC(=O)C1CN(c2ccc(C#N)c(C(F)(F)F)c2)CC1C1CCN(C(=O)c2cn[nH]c2)CC1. The van der Waals surface area contributed by atoms with E-state index in [0.717, 1.165) is 6.07 Å². The summed E-state index contributed by atoms with van der Waals surface area (Å²) in [7, 11) is 0. The molecule has 11 heteroatoms. The molecule has 0 radical (unpaired) electrons. The highest BCUT2D eigenvalue weighted by Crippen LogP contribution is 2.40. The summed E-state index contributed by atoms with van der Waals surface area (Å²) in [5.74, 6) is -0.482. The second-order valence-electron chi connectivity index (χ2n) is 9.03. The van der Waals surface area contributed by atoms with Gasteiger partial charge >= 0.3 is 6.18 Å². The molecule has 4 rings (SSSR count). The Morgan fingerprint density at radius 2 is 2.00 bits per heavy atom. The summed E-state index contributed by atoms with van der Waals surface area (Å²) in [6.45, 7) is 4.12. The third-order valence-corrected chi connectivity index (χ3v) is 7.02. The maximum absolute atomic E-state index is 13.5. The zero-order chi connectivity index (χ0) is 25.2. The second-order valence-corrected chi connectivity index (χ2v) is 9.03. The number of hydrogen-bond donors (Lipinski definition) is 2. The Bertz CT molecular complexity index is 1100. The quantitative estimate of drug-likeness (QED) is 0.673. The molecule has 35 heavy (non-hydrogen) atoms. The molecule has 2 atom stereocenters. The number of nitrogens with zero attached hydrogens (tertiary/aromatic N) is 4. The van der Waals surface area contributed by atoms with Gasteiger partial charge in [-0.25, -0.2) is 0 Å². The van der Waals surface area contributed by atoms with Gasteiger partial charge in [0.2, 0.25) is 5.91 Å². The molecule has 0 bridgehead atoms. The summed E-state index contributed by atoms with van der Waals surface area (Å²) in [5.41, 5.74) is -0.550. The highest BCUT2D eigenvalue weighted by atomic mass is 19.4. The number of rotatable bonds is 5. The van der Waals surface area contributed by atoms with E-state index in [1.807, 2.05) is 11.8 Å². The molecule has 0 spiro atoms. The van der Waals surface area contributed by atoms with Crippen molar-refractivity contribution in [1.82, 2.24) is 20.4 Å². The number of anilines is 1. The van der Waals surface area contributed by atoms with E-state index in [4.69, 9.17) is 5.26 Å². The molecule has 2 aliphatic heterocycles. The van der Waals surface area contributed by atoms with Crippen molar-refractivity contribution in [3.8, 4) is 6.07 Å². The number of amides is 2. The fourth-order valence-corrected chi connectivity index (χ4v) is 5.24. The molecule has 186 valence electrons. The van der Waals surface area contributed by atoms with Gasteiger partial charge in [-0.15, -0.1) is 0 Å². The van der Waals surface area contributed by atoms with Crippen molar-refractivity contribution in [2.75, 3.05) is 37.6 Å². The van der Waals surface area contributed by atoms with Gasteiger partial charge in [0.15, 0.2) is 0 Å². The maximum Gasteiger partial charge on any atom is 0.417 e.